The Morgan fingerprint density at radius 1 is 0.464 bits per heavy atom. The van der Waals surface area contributed by atoms with Crippen LogP contribution in [0.15, 0.2) is 97.2 Å². The zero-order valence-electron chi connectivity index (χ0n) is 44.7. The van der Waals surface area contributed by atoms with Crippen molar-refractivity contribution in [2.45, 2.75) is 219 Å². The lowest BCUT2D eigenvalue weighted by molar-refractivity contribution is -0.870. The molecule has 0 radical (unpaired) electrons. The summed E-state index contributed by atoms with van der Waals surface area (Å²) in [6.07, 6.45) is 67.3. The van der Waals surface area contributed by atoms with Crippen molar-refractivity contribution in [3.63, 3.8) is 0 Å². The van der Waals surface area contributed by atoms with Gasteiger partial charge in [0, 0.05) is 12.8 Å². The predicted molar refractivity (Wildman–Crippen MR) is 291 cm³/mol. The van der Waals surface area contributed by atoms with E-state index in [1.807, 2.05) is 21.1 Å². The highest BCUT2D eigenvalue weighted by Crippen LogP contribution is 2.38. The van der Waals surface area contributed by atoms with Gasteiger partial charge in [0.15, 0.2) is 6.10 Å². The van der Waals surface area contributed by atoms with Crippen molar-refractivity contribution in [1.29, 1.82) is 0 Å². The number of phosphoric acid groups is 1. The summed E-state index contributed by atoms with van der Waals surface area (Å²) in [5.41, 5.74) is 0. The van der Waals surface area contributed by atoms with Crippen LogP contribution in [-0.2, 0) is 32.7 Å². The first-order valence-corrected chi connectivity index (χ1v) is 28.9. The number of phosphoric ester groups is 1. The number of quaternary nitrogens is 1. The van der Waals surface area contributed by atoms with E-state index in [9.17, 15) is 19.0 Å². The lowest BCUT2D eigenvalue weighted by Crippen LogP contribution is -2.37. The van der Waals surface area contributed by atoms with Gasteiger partial charge >= 0.3 is 11.9 Å². The molecule has 0 saturated carbocycles. The van der Waals surface area contributed by atoms with Gasteiger partial charge in [0.2, 0.25) is 0 Å². The Hall–Kier alpha value is -3.07. The Bertz CT molecular complexity index is 1490. The second kappa shape index (κ2) is 49.9. The van der Waals surface area contributed by atoms with Crippen molar-refractivity contribution in [3.05, 3.63) is 97.2 Å². The molecule has 10 heteroatoms. The first-order valence-electron chi connectivity index (χ1n) is 27.4. The highest BCUT2D eigenvalue weighted by atomic mass is 31.2. The van der Waals surface area contributed by atoms with Gasteiger partial charge in [-0.25, -0.2) is 0 Å². The number of hydrogen-bond donors (Lipinski definition) is 0. The molecule has 2 unspecified atom stereocenters. The summed E-state index contributed by atoms with van der Waals surface area (Å²) < 4.78 is 34.1. The van der Waals surface area contributed by atoms with Crippen LogP contribution in [-0.4, -0.2) is 70.0 Å². The Morgan fingerprint density at radius 2 is 0.826 bits per heavy atom. The third-order valence-corrected chi connectivity index (χ3v) is 12.3. The normalized spacial score (nSPS) is 14.1. The van der Waals surface area contributed by atoms with Gasteiger partial charge in [-0.05, 0) is 96.3 Å². The minimum Gasteiger partial charge on any atom is -0.756 e. The molecule has 0 fully saturated rings. The minimum atomic E-state index is -4.64. The lowest BCUT2D eigenvalue weighted by atomic mass is 10.1. The molecular weight excluding hydrogens is 882 g/mol. The average molecular weight is 984 g/mol. The maximum absolute atomic E-state index is 12.8. The maximum Gasteiger partial charge on any atom is 0.306 e. The first kappa shape index (κ1) is 65.9. The van der Waals surface area contributed by atoms with Crippen molar-refractivity contribution in [1.82, 2.24) is 0 Å². The number of ether oxygens (including phenoxy) is 2. The smallest absolute Gasteiger partial charge is 0.306 e. The summed E-state index contributed by atoms with van der Waals surface area (Å²) in [7, 11) is 1.14. The number of esters is 2. The molecule has 69 heavy (non-hydrogen) atoms. The molecule has 0 aliphatic heterocycles. The fourth-order valence-electron chi connectivity index (χ4n) is 7.10. The molecule has 0 amide bonds. The van der Waals surface area contributed by atoms with E-state index in [4.69, 9.17) is 18.5 Å². The molecule has 0 aromatic rings. The molecule has 0 spiro atoms. The standard InChI is InChI=1S/C59H102NO8P/c1-6-8-10-12-14-16-18-20-22-24-25-26-27-28-29-30-31-32-33-34-35-36-38-40-42-44-46-48-50-52-59(62)68-57(56-67-69(63,64)66-54-53-60(3,4)5)55-65-58(61)51-49-47-45-43-41-39-37-23-21-19-17-15-13-11-9-7-2/h8,10,14,16,20,22-23,25-26,28-29,31-32,34-35,37,57H,6-7,9,11-13,15,17-19,21,24,27,30,33,36,38-56H2,1-5H3/b10-8-,16-14-,22-20-,26-25-,29-28-,32-31-,35-34-,37-23-. The predicted octanol–water partition coefficient (Wildman–Crippen LogP) is 16.2. The van der Waals surface area contributed by atoms with Gasteiger partial charge in [-0.1, -0.05) is 201 Å². The van der Waals surface area contributed by atoms with Gasteiger partial charge in [-0.3, -0.25) is 14.2 Å². The highest BCUT2D eigenvalue weighted by Gasteiger charge is 2.21. The Labute approximate surface area is 423 Å². The van der Waals surface area contributed by atoms with Crippen LogP contribution >= 0.6 is 7.82 Å². The van der Waals surface area contributed by atoms with E-state index in [0.29, 0.717) is 23.9 Å². The van der Waals surface area contributed by atoms with E-state index in [1.54, 1.807) is 0 Å². The fraction of sp³-hybridized carbons (Fsp3) is 0.695. The van der Waals surface area contributed by atoms with Crippen molar-refractivity contribution in [2.75, 3.05) is 47.5 Å². The van der Waals surface area contributed by atoms with Crippen molar-refractivity contribution < 1.29 is 42.1 Å². The highest BCUT2D eigenvalue weighted by molar-refractivity contribution is 7.45. The van der Waals surface area contributed by atoms with Gasteiger partial charge < -0.3 is 27.9 Å². The molecule has 9 nitrogen and oxygen atoms in total. The molecule has 0 heterocycles. The van der Waals surface area contributed by atoms with Gasteiger partial charge in [0.25, 0.3) is 7.82 Å². The Morgan fingerprint density at radius 3 is 1.25 bits per heavy atom. The maximum atomic E-state index is 12.8. The van der Waals surface area contributed by atoms with Crippen LogP contribution in [0.3, 0.4) is 0 Å². The molecule has 0 aromatic carbocycles. The zero-order valence-corrected chi connectivity index (χ0v) is 45.6. The third-order valence-electron chi connectivity index (χ3n) is 11.3. The van der Waals surface area contributed by atoms with Gasteiger partial charge in [0.1, 0.15) is 19.8 Å². The van der Waals surface area contributed by atoms with Crippen LogP contribution in [0.5, 0.6) is 0 Å². The number of allylic oxidation sites excluding steroid dienone is 16. The topological polar surface area (TPSA) is 111 Å². The molecule has 396 valence electrons. The SMILES string of the molecule is CC/C=C\C/C=C\C/C=C\C/C=C\C/C=C\C/C=C\C/C=C\CCCCCCCCCC(=O)OC(COC(=O)CCCCCCC/C=C\CCCCCCCCC)COP(=O)([O-])OCC[N+](C)(C)C. The molecule has 2 atom stereocenters. The van der Waals surface area contributed by atoms with E-state index in [-0.39, 0.29) is 26.1 Å². The number of carbonyl (C=O) groups excluding carboxylic acids is 2. The summed E-state index contributed by atoms with van der Waals surface area (Å²) in [5.74, 6) is -0.861. The van der Waals surface area contributed by atoms with Crippen LogP contribution in [0.1, 0.15) is 213 Å². The summed E-state index contributed by atoms with van der Waals surface area (Å²) >= 11 is 0. The van der Waals surface area contributed by atoms with Crippen LogP contribution < -0.4 is 4.89 Å². The Balaban J connectivity index is 4.25. The van der Waals surface area contributed by atoms with Crippen LogP contribution in [0.25, 0.3) is 0 Å². The summed E-state index contributed by atoms with van der Waals surface area (Å²) in [5, 5.41) is 0. The van der Waals surface area contributed by atoms with E-state index in [1.165, 1.54) is 70.6 Å². The van der Waals surface area contributed by atoms with E-state index < -0.39 is 32.5 Å². The molecule has 0 rings (SSSR count). The number of rotatable bonds is 49. The number of carbonyl (C=O) groups is 2. The van der Waals surface area contributed by atoms with Crippen LogP contribution in [0.2, 0.25) is 0 Å². The van der Waals surface area contributed by atoms with Gasteiger partial charge in [-0.15, -0.1) is 0 Å². The first-order chi connectivity index (χ1) is 33.5. The molecule has 0 aliphatic carbocycles. The largest absolute Gasteiger partial charge is 0.756 e. The monoisotopic (exact) mass is 984 g/mol. The average Bonchev–Trinajstić information content (AvgIpc) is 3.31. The fourth-order valence-corrected chi connectivity index (χ4v) is 7.83. The molecule has 0 bridgehead atoms. The number of likely N-dealkylation sites (N-methyl/N-ethyl adjacent to an activating group) is 1. The van der Waals surface area contributed by atoms with Crippen molar-refractivity contribution in [2.24, 2.45) is 0 Å². The van der Waals surface area contributed by atoms with E-state index in [2.05, 4.69) is 111 Å². The Kier molecular flexibility index (Phi) is 47.7. The zero-order chi connectivity index (χ0) is 50.6. The van der Waals surface area contributed by atoms with Gasteiger partial charge in [0.05, 0.1) is 27.7 Å². The van der Waals surface area contributed by atoms with Crippen molar-refractivity contribution >= 4 is 19.8 Å². The molecule has 0 saturated heterocycles. The van der Waals surface area contributed by atoms with E-state index in [0.717, 1.165) is 103 Å². The molecule has 0 aliphatic rings. The molecule has 0 N–H and O–H groups in total. The summed E-state index contributed by atoms with van der Waals surface area (Å²) in [6, 6.07) is 0. The summed E-state index contributed by atoms with van der Waals surface area (Å²) in [6.45, 7) is 4.09. The number of unbranched alkanes of at least 4 members (excludes halogenated alkanes) is 19. The van der Waals surface area contributed by atoms with Crippen LogP contribution in [0.4, 0.5) is 0 Å². The second-order valence-electron chi connectivity index (χ2n) is 19.2. The van der Waals surface area contributed by atoms with Gasteiger partial charge in [-0.2, -0.15) is 0 Å². The minimum absolute atomic E-state index is 0.0392. The number of nitrogens with zero attached hydrogens (tertiary/aromatic N) is 1. The molecule has 0 aromatic heterocycles. The quantitative estimate of drug-likeness (QED) is 0.0195. The van der Waals surface area contributed by atoms with Crippen LogP contribution in [0, 0.1) is 0 Å². The lowest BCUT2D eigenvalue weighted by Gasteiger charge is -2.28. The van der Waals surface area contributed by atoms with Crippen molar-refractivity contribution in [3.8, 4) is 0 Å². The third kappa shape index (κ3) is 54.1. The molecular formula is C59H102NO8P. The second-order valence-corrected chi connectivity index (χ2v) is 20.6. The summed E-state index contributed by atoms with van der Waals surface area (Å²) in [4.78, 5) is 37.8. The van der Waals surface area contributed by atoms with E-state index >= 15 is 0 Å². The number of hydrogen-bond acceptors (Lipinski definition) is 8.